The number of nitrogen functional groups attached to an aromatic ring is 2. The molecule has 0 saturated carbocycles. The molecule has 90 valence electrons. The normalized spacial score (nSPS) is 10.9. The molecule has 0 atom stereocenters. The number of hydrogen-bond donors (Lipinski definition) is 2. The smallest absolute Gasteiger partial charge is 0.163 e. The van der Waals surface area contributed by atoms with Crippen LogP contribution in [0.2, 0.25) is 0 Å². The van der Waals surface area contributed by atoms with Crippen molar-refractivity contribution < 1.29 is 0 Å². The number of benzene rings is 1. The average Bonchev–Trinajstić information content (AvgIpc) is 2.69. The van der Waals surface area contributed by atoms with Crippen LogP contribution >= 0.6 is 0 Å². The van der Waals surface area contributed by atoms with Crippen LogP contribution in [0.15, 0.2) is 30.6 Å². The first-order valence-corrected chi connectivity index (χ1v) is 5.46. The van der Waals surface area contributed by atoms with E-state index in [1.807, 2.05) is 31.3 Å². The Bertz CT molecular complexity index is 731. The van der Waals surface area contributed by atoms with Crippen LogP contribution in [0, 0.1) is 0 Å². The van der Waals surface area contributed by atoms with Gasteiger partial charge in [0.05, 0.1) is 5.39 Å². The van der Waals surface area contributed by atoms with Gasteiger partial charge in [-0.2, -0.15) is 5.10 Å². The Morgan fingerprint density at radius 2 is 2.00 bits per heavy atom. The molecule has 2 heterocycles. The Labute approximate surface area is 103 Å². The molecule has 6 heteroatoms. The van der Waals surface area contributed by atoms with Gasteiger partial charge in [-0.1, -0.05) is 12.1 Å². The third-order valence-electron chi connectivity index (χ3n) is 2.81. The zero-order valence-electron chi connectivity index (χ0n) is 9.83. The number of nitrogens with two attached hydrogens (primary N) is 2. The lowest BCUT2D eigenvalue weighted by Crippen LogP contribution is -1.95. The number of nitrogens with zero attached hydrogens (tertiary/aromatic N) is 4. The Hall–Kier alpha value is -2.63. The predicted molar refractivity (Wildman–Crippen MR) is 70.6 cm³/mol. The maximum Gasteiger partial charge on any atom is 0.163 e. The summed E-state index contributed by atoms with van der Waals surface area (Å²) in [5, 5.41) is 5.20. The topological polar surface area (TPSA) is 95.6 Å². The van der Waals surface area contributed by atoms with Gasteiger partial charge in [0.25, 0.3) is 0 Å². The van der Waals surface area contributed by atoms with Gasteiger partial charge in [0.15, 0.2) is 5.65 Å². The van der Waals surface area contributed by atoms with Gasteiger partial charge in [0.2, 0.25) is 0 Å². The molecule has 2 aromatic heterocycles. The number of fused-ring (bicyclic) bond motifs is 1. The molecule has 3 rings (SSSR count). The van der Waals surface area contributed by atoms with Gasteiger partial charge < -0.3 is 11.5 Å². The summed E-state index contributed by atoms with van der Waals surface area (Å²) in [5.41, 5.74) is 14.7. The molecule has 0 saturated heterocycles. The van der Waals surface area contributed by atoms with Gasteiger partial charge in [-0.25, -0.2) is 14.6 Å². The first-order chi connectivity index (χ1) is 8.66. The van der Waals surface area contributed by atoms with Crippen LogP contribution in [0.25, 0.3) is 22.3 Å². The van der Waals surface area contributed by atoms with Crippen LogP contribution in [0.1, 0.15) is 0 Å². The second kappa shape index (κ2) is 3.69. The van der Waals surface area contributed by atoms with Crippen molar-refractivity contribution in [2.75, 3.05) is 11.5 Å². The first-order valence-electron chi connectivity index (χ1n) is 5.46. The Morgan fingerprint density at radius 3 is 2.78 bits per heavy atom. The third-order valence-corrected chi connectivity index (χ3v) is 2.81. The summed E-state index contributed by atoms with van der Waals surface area (Å²) < 4.78 is 1.69. The van der Waals surface area contributed by atoms with E-state index in [4.69, 9.17) is 11.5 Å². The molecule has 6 nitrogen and oxygen atoms in total. The highest BCUT2D eigenvalue weighted by atomic mass is 15.3. The molecule has 0 spiro atoms. The fraction of sp³-hybridized carbons (Fsp3) is 0.0833. The van der Waals surface area contributed by atoms with Crippen molar-refractivity contribution in [1.29, 1.82) is 0 Å². The summed E-state index contributed by atoms with van der Waals surface area (Å²) in [7, 11) is 1.82. The van der Waals surface area contributed by atoms with Crippen molar-refractivity contribution in [2.24, 2.45) is 7.05 Å². The van der Waals surface area contributed by atoms with Gasteiger partial charge >= 0.3 is 0 Å². The number of rotatable bonds is 1. The van der Waals surface area contributed by atoms with Gasteiger partial charge in [-0.05, 0) is 12.1 Å². The predicted octanol–water partition coefficient (Wildman–Crippen LogP) is 1.19. The number of aryl methyl sites for hydroxylation is 1. The first kappa shape index (κ1) is 10.5. The van der Waals surface area contributed by atoms with E-state index >= 15 is 0 Å². The molecule has 3 aromatic rings. The molecule has 0 radical (unpaired) electrons. The molecule has 0 unspecified atom stereocenters. The van der Waals surface area contributed by atoms with Crippen molar-refractivity contribution in [2.45, 2.75) is 0 Å². The second-order valence-electron chi connectivity index (χ2n) is 4.06. The van der Waals surface area contributed by atoms with E-state index < -0.39 is 0 Å². The maximum atomic E-state index is 5.91. The lowest BCUT2D eigenvalue weighted by molar-refractivity contribution is 0.789. The van der Waals surface area contributed by atoms with Crippen molar-refractivity contribution in [3.8, 4) is 11.3 Å². The largest absolute Gasteiger partial charge is 0.399 e. The minimum absolute atomic E-state index is 0.422. The van der Waals surface area contributed by atoms with Crippen molar-refractivity contribution in [3.63, 3.8) is 0 Å². The third kappa shape index (κ3) is 1.46. The SMILES string of the molecule is Cn1nc(-c2cccc(N)c2)c2c(N)ncnc21. The van der Waals surface area contributed by atoms with E-state index in [2.05, 4.69) is 15.1 Å². The van der Waals surface area contributed by atoms with Crippen LogP contribution in [0.4, 0.5) is 11.5 Å². The van der Waals surface area contributed by atoms with E-state index in [0.29, 0.717) is 17.2 Å². The quantitative estimate of drug-likeness (QED) is 0.623. The second-order valence-corrected chi connectivity index (χ2v) is 4.06. The van der Waals surface area contributed by atoms with Crippen LogP contribution in [-0.4, -0.2) is 19.7 Å². The summed E-state index contributed by atoms with van der Waals surface area (Å²) in [5.74, 6) is 0.422. The van der Waals surface area contributed by atoms with Crippen molar-refractivity contribution in [1.82, 2.24) is 19.7 Å². The van der Waals surface area contributed by atoms with Crippen molar-refractivity contribution >= 4 is 22.5 Å². The highest BCUT2D eigenvalue weighted by Crippen LogP contribution is 2.30. The standard InChI is InChI=1S/C12H12N6/c1-18-12-9(11(14)15-6-16-12)10(17-18)7-3-2-4-8(13)5-7/h2-6H,13H2,1H3,(H2,14,15,16). The van der Waals surface area contributed by atoms with E-state index in [0.717, 1.165) is 16.6 Å². The van der Waals surface area contributed by atoms with E-state index in [1.54, 1.807) is 4.68 Å². The Balaban J connectivity index is 2.36. The van der Waals surface area contributed by atoms with Crippen LogP contribution in [-0.2, 0) is 7.05 Å². The van der Waals surface area contributed by atoms with Crippen LogP contribution in [0.3, 0.4) is 0 Å². The molecule has 0 amide bonds. The molecule has 0 aliphatic rings. The summed E-state index contributed by atoms with van der Waals surface area (Å²) in [6, 6.07) is 7.50. The minimum atomic E-state index is 0.422. The molecule has 0 aliphatic heterocycles. The maximum absolute atomic E-state index is 5.91. The van der Waals surface area contributed by atoms with Gasteiger partial charge in [0, 0.05) is 18.3 Å². The zero-order chi connectivity index (χ0) is 12.7. The Kier molecular flexibility index (Phi) is 2.16. The molecule has 18 heavy (non-hydrogen) atoms. The number of hydrogen-bond acceptors (Lipinski definition) is 5. The zero-order valence-corrected chi connectivity index (χ0v) is 9.83. The van der Waals surface area contributed by atoms with Gasteiger partial charge in [-0.15, -0.1) is 0 Å². The number of aromatic nitrogens is 4. The molecule has 0 fully saturated rings. The molecular weight excluding hydrogens is 228 g/mol. The monoisotopic (exact) mass is 240 g/mol. The summed E-state index contributed by atoms with van der Waals surface area (Å²) in [6.07, 6.45) is 1.43. The lowest BCUT2D eigenvalue weighted by atomic mass is 10.1. The molecule has 4 N–H and O–H groups in total. The van der Waals surface area contributed by atoms with E-state index in [1.165, 1.54) is 6.33 Å². The fourth-order valence-corrected chi connectivity index (χ4v) is 2.00. The molecule has 1 aromatic carbocycles. The van der Waals surface area contributed by atoms with Crippen LogP contribution < -0.4 is 11.5 Å². The molecule has 0 aliphatic carbocycles. The summed E-state index contributed by atoms with van der Waals surface area (Å²) in [4.78, 5) is 8.20. The highest BCUT2D eigenvalue weighted by Gasteiger charge is 2.14. The summed E-state index contributed by atoms with van der Waals surface area (Å²) in [6.45, 7) is 0. The number of anilines is 2. The lowest BCUT2D eigenvalue weighted by Gasteiger charge is -2.00. The Morgan fingerprint density at radius 1 is 1.17 bits per heavy atom. The molecule has 0 bridgehead atoms. The van der Waals surface area contributed by atoms with Crippen LogP contribution in [0.5, 0.6) is 0 Å². The van der Waals surface area contributed by atoms with E-state index in [-0.39, 0.29) is 0 Å². The minimum Gasteiger partial charge on any atom is -0.399 e. The van der Waals surface area contributed by atoms with Gasteiger partial charge in [-0.3, -0.25) is 0 Å². The highest BCUT2D eigenvalue weighted by molar-refractivity contribution is 5.98. The summed E-state index contributed by atoms with van der Waals surface area (Å²) >= 11 is 0. The van der Waals surface area contributed by atoms with E-state index in [9.17, 15) is 0 Å². The van der Waals surface area contributed by atoms with Gasteiger partial charge in [0.1, 0.15) is 17.8 Å². The molecular formula is C12H12N6. The average molecular weight is 240 g/mol. The van der Waals surface area contributed by atoms with Crippen molar-refractivity contribution in [3.05, 3.63) is 30.6 Å². The fourth-order valence-electron chi connectivity index (χ4n) is 2.00.